The Bertz CT molecular complexity index is 1080. The molecule has 4 rings (SSSR count). The number of nitrogens with one attached hydrogen (secondary N) is 1. The molecule has 170 valence electrons. The van der Waals surface area contributed by atoms with Crippen LogP contribution in [0.3, 0.4) is 0 Å². The summed E-state index contributed by atoms with van der Waals surface area (Å²) in [5, 5.41) is 3.02. The zero-order valence-electron chi connectivity index (χ0n) is 18.1. The number of hydrogen-bond donors (Lipinski definition) is 1. The van der Waals surface area contributed by atoms with Gasteiger partial charge in [0.05, 0.1) is 5.75 Å². The summed E-state index contributed by atoms with van der Waals surface area (Å²) in [4.78, 5) is 31.5. The summed E-state index contributed by atoms with van der Waals surface area (Å²) >= 11 is 0. The van der Waals surface area contributed by atoms with E-state index < -0.39 is 16.1 Å². The van der Waals surface area contributed by atoms with Gasteiger partial charge in [-0.3, -0.25) is 14.6 Å². The SMILES string of the molecule is CCS(=O)(=O)N1Cc2ccccc2CC1C(=O)N1CCC(NC(=O)c2ccncc2)CC1. The summed E-state index contributed by atoms with van der Waals surface area (Å²) in [6.45, 7) is 2.80. The van der Waals surface area contributed by atoms with Crippen LogP contribution in [-0.4, -0.2) is 65.3 Å². The molecule has 0 radical (unpaired) electrons. The molecule has 0 spiro atoms. The zero-order chi connectivity index (χ0) is 22.7. The molecule has 1 saturated heterocycles. The average Bonchev–Trinajstić information content (AvgIpc) is 2.83. The highest BCUT2D eigenvalue weighted by Crippen LogP contribution is 2.28. The third-order valence-electron chi connectivity index (χ3n) is 6.30. The minimum atomic E-state index is -3.53. The van der Waals surface area contributed by atoms with Gasteiger partial charge in [-0.25, -0.2) is 8.42 Å². The summed E-state index contributed by atoms with van der Waals surface area (Å²) in [5.74, 6) is -0.348. The van der Waals surface area contributed by atoms with Crippen molar-refractivity contribution in [3.63, 3.8) is 0 Å². The van der Waals surface area contributed by atoms with Gasteiger partial charge in [0.25, 0.3) is 5.91 Å². The quantitative estimate of drug-likeness (QED) is 0.736. The maximum Gasteiger partial charge on any atom is 0.251 e. The van der Waals surface area contributed by atoms with Gasteiger partial charge in [0.15, 0.2) is 0 Å². The topological polar surface area (TPSA) is 99.7 Å². The maximum atomic E-state index is 13.4. The lowest BCUT2D eigenvalue weighted by Crippen LogP contribution is -2.56. The largest absolute Gasteiger partial charge is 0.349 e. The summed E-state index contributed by atoms with van der Waals surface area (Å²) < 4.78 is 26.9. The predicted molar refractivity (Wildman–Crippen MR) is 120 cm³/mol. The fourth-order valence-corrected chi connectivity index (χ4v) is 5.61. The van der Waals surface area contributed by atoms with E-state index in [0.29, 0.717) is 37.9 Å². The van der Waals surface area contributed by atoms with E-state index in [9.17, 15) is 18.0 Å². The van der Waals surface area contributed by atoms with Gasteiger partial charge in [-0.1, -0.05) is 24.3 Å². The molecule has 1 unspecified atom stereocenters. The zero-order valence-corrected chi connectivity index (χ0v) is 18.9. The lowest BCUT2D eigenvalue weighted by atomic mass is 9.94. The molecule has 9 heteroatoms. The van der Waals surface area contributed by atoms with Crippen molar-refractivity contribution >= 4 is 21.8 Å². The van der Waals surface area contributed by atoms with Crippen molar-refractivity contribution in [3.8, 4) is 0 Å². The maximum absolute atomic E-state index is 13.4. The molecule has 32 heavy (non-hydrogen) atoms. The minimum Gasteiger partial charge on any atom is -0.349 e. The van der Waals surface area contributed by atoms with E-state index in [-0.39, 0.29) is 30.2 Å². The number of carbonyl (C=O) groups is 2. The van der Waals surface area contributed by atoms with Crippen LogP contribution in [-0.2, 0) is 27.8 Å². The van der Waals surface area contributed by atoms with Crippen LogP contribution in [0.1, 0.15) is 41.3 Å². The van der Waals surface area contributed by atoms with Gasteiger partial charge in [0.1, 0.15) is 6.04 Å². The molecule has 1 fully saturated rings. The van der Waals surface area contributed by atoms with Crippen LogP contribution in [0.25, 0.3) is 0 Å². The number of fused-ring (bicyclic) bond motifs is 1. The lowest BCUT2D eigenvalue weighted by Gasteiger charge is -2.40. The molecule has 8 nitrogen and oxygen atoms in total. The summed E-state index contributed by atoms with van der Waals surface area (Å²) in [6, 6.07) is 10.3. The third-order valence-corrected chi connectivity index (χ3v) is 8.12. The van der Waals surface area contributed by atoms with Crippen molar-refractivity contribution in [2.24, 2.45) is 0 Å². The highest BCUT2D eigenvalue weighted by molar-refractivity contribution is 7.89. The van der Waals surface area contributed by atoms with Gasteiger partial charge in [0.2, 0.25) is 15.9 Å². The first-order valence-corrected chi connectivity index (χ1v) is 12.6. The number of pyridine rings is 1. The molecule has 1 atom stereocenters. The number of nitrogens with zero attached hydrogens (tertiary/aromatic N) is 3. The predicted octanol–water partition coefficient (Wildman–Crippen LogP) is 1.58. The third kappa shape index (κ3) is 4.68. The number of piperidine rings is 1. The Hall–Kier alpha value is -2.78. The van der Waals surface area contributed by atoms with Crippen LogP contribution in [0.15, 0.2) is 48.8 Å². The number of sulfonamides is 1. The van der Waals surface area contributed by atoms with E-state index in [1.807, 2.05) is 24.3 Å². The smallest absolute Gasteiger partial charge is 0.251 e. The van der Waals surface area contributed by atoms with Crippen LogP contribution in [0.4, 0.5) is 0 Å². The second-order valence-electron chi connectivity index (χ2n) is 8.24. The van der Waals surface area contributed by atoms with E-state index in [1.165, 1.54) is 4.31 Å². The van der Waals surface area contributed by atoms with E-state index in [4.69, 9.17) is 0 Å². The minimum absolute atomic E-state index is 0.0257. The molecule has 3 heterocycles. The second kappa shape index (κ2) is 9.38. The standard InChI is InChI=1S/C23H28N4O4S/c1-2-32(30,31)27-16-19-6-4-3-5-18(19)15-21(27)23(29)26-13-9-20(10-14-26)25-22(28)17-7-11-24-12-8-17/h3-8,11-12,20-21H,2,9-10,13-16H2,1H3,(H,25,28). The molecule has 2 aliphatic rings. The molecular weight excluding hydrogens is 428 g/mol. The van der Waals surface area contributed by atoms with Crippen molar-refractivity contribution in [2.75, 3.05) is 18.8 Å². The average molecular weight is 457 g/mol. The Morgan fingerprint density at radius 3 is 2.38 bits per heavy atom. The number of carbonyl (C=O) groups excluding carboxylic acids is 2. The first kappa shape index (κ1) is 22.4. The van der Waals surface area contributed by atoms with Crippen molar-refractivity contribution < 1.29 is 18.0 Å². The molecule has 0 bridgehead atoms. The number of likely N-dealkylation sites (tertiary alicyclic amines) is 1. The Morgan fingerprint density at radius 2 is 1.72 bits per heavy atom. The van der Waals surface area contributed by atoms with E-state index in [2.05, 4.69) is 10.3 Å². The molecule has 1 aromatic carbocycles. The lowest BCUT2D eigenvalue weighted by molar-refractivity contribution is -0.136. The molecule has 2 amide bonds. The monoisotopic (exact) mass is 456 g/mol. The number of benzene rings is 1. The first-order chi connectivity index (χ1) is 15.4. The van der Waals surface area contributed by atoms with Crippen molar-refractivity contribution in [1.82, 2.24) is 19.5 Å². The highest BCUT2D eigenvalue weighted by Gasteiger charge is 2.40. The van der Waals surface area contributed by atoms with Crippen molar-refractivity contribution in [2.45, 2.75) is 44.8 Å². The van der Waals surface area contributed by atoms with Gasteiger partial charge in [-0.15, -0.1) is 0 Å². The van der Waals surface area contributed by atoms with E-state index >= 15 is 0 Å². The fourth-order valence-electron chi connectivity index (χ4n) is 4.39. The van der Waals surface area contributed by atoms with Crippen LogP contribution >= 0.6 is 0 Å². The van der Waals surface area contributed by atoms with Crippen molar-refractivity contribution in [1.29, 1.82) is 0 Å². The van der Waals surface area contributed by atoms with E-state index in [0.717, 1.165) is 11.1 Å². The molecule has 2 aromatic rings. The number of amides is 2. The molecule has 2 aliphatic heterocycles. The van der Waals surface area contributed by atoms with Gasteiger partial charge >= 0.3 is 0 Å². The first-order valence-electron chi connectivity index (χ1n) is 10.9. The van der Waals surface area contributed by atoms with Gasteiger partial charge in [-0.05, 0) is 49.4 Å². The Morgan fingerprint density at radius 1 is 1.06 bits per heavy atom. The Balaban J connectivity index is 1.43. The Kier molecular flexibility index (Phi) is 6.57. The summed E-state index contributed by atoms with van der Waals surface area (Å²) in [7, 11) is -3.53. The van der Waals surface area contributed by atoms with Gasteiger partial charge in [-0.2, -0.15) is 4.31 Å². The van der Waals surface area contributed by atoms with E-state index in [1.54, 1.807) is 36.4 Å². The Labute approximate surface area is 188 Å². The summed E-state index contributed by atoms with van der Waals surface area (Å²) in [5.41, 5.74) is 2.53. The molecule has 0 aliphatic carbocycles. The molecule has 1 N–H and O–H groups in total. The molecular formula is C23H28N4O4S. The molecule has 0 saturated carbocycles. The number of hydrogen-bond acceptors (Lipinski definition) is 5. The van der Waals surface area contributed by atoms with Crippen LogP contribution in [0.2, 0.25) is 0 Å². The fraction of sp³-hybridized carbons (Fsp3) is 0.435. The molecule has 1 aromatic heterocycles. The normalized spacial score (nSPS) is 19.9. The number of aromatic nitrogens is 1. The summed E-state index contributed by atoms with van der Waals surface area (Å²) in [6.07, 6.45) is 4.80. The second-order valence-corrected chi connectivity index (χ2v) is 10.5. The van der Waals surface area contributed by atoms with Crippen LogP contribution in [0, 0.1) is 0 Å². The van der Waals surface area contributed by atoms with Gasteiger partial charge < -0.3 is 10.2 Å². The van der Waals surface area contributed by atoms with Crippen LogP contribution < -0.4 is 5.32 Å². The van der Waals surface area contributed by atoms with Crippen molar-refractivity contribution in [3.05, 3.63) is 65.5 Å². The number of rotatable bonds is 5. The van der Waals surface area contributed by atoms with Crippen LogP contribution in [0.5, 0.6) is 0 Å². The highest BCUT2D eigenvalue weighted by atomic mass is 32.2. The van der Waals surface area contributed by atoms with Gasteiger partial charge in [0, 0.05) is 43.6 Å².